The molecule has 6 nitrogen and oxygen atoms in total. The molecule has 73 heavy (non-hydrogen) atoms. The summed E-state index contributed by atoms with van der Waals surface area (Å²) in [6, 6.07) is 79.4. The first-order valence-corrected chi connectivity index (χ1v) is 25.4. The Kier molecular flexibility index (Phi) is 8.28. The molecule has 1 aliphatic heterocycles. The van der Waals surface area contributed by atoms with Crippen molar-refractivity contribution in [2.75, 3.05) is 0 Å². The van der Waals surface area contributed by atoms with Gasteiger partial charge in [0.15, 0.2) is 5.69 Å². The molecule has 16 rings (SSSR count). The van der Waals surface area contributed by atoms with E-state index in [0.29, 0.717) is 5.69 Å². The van der Waals surface area contributed by atoms with Gasteiger partial charge in [0.05, 0.1) is 56.5 Å². The minimum Gasteiger partial charge on any atom is -0.309 e. The summed E-state index contributed by atoms with van der Waals surface area (Å²) in [7, 11) is 0. The second kappa shape index (κ2) is 15.0. The smallest absolute Gasteiger partial charge is 0.188 e. The van der Waals surface area contributed by atoms with Crippen LogP contribution in [0.5, 0.6) is 0 Å². The molecular weight excluding hydrogens is 909 g/mol. The largest absolute Gasteiger partial charge is 0.309 e. The summed E-state index contributed by atoms with van der Waals surface area (Å²) in [5, 5.41) is 7.12. The maximum atomic E-state index is 7.81. The lowest BCUT2D eigenvalue weighted by atomic mass is 9.67. The quantitative estimate of drug-likeness (QED) is 0.165. The zero-order valence-electron chi connectivity index (χ0n) is 39.0. The molecule has 9 aromatic carbocycles. The highest BCUT2D eigenvalue weighted by Crippen LogP contribution is 2.62. The molecule has 0 unspecified atom stereocenters. The van der Waals surface area contributed by atoms with Crippen LogP contribution >= 0.6 is 11.8 Å². The molecule has 0 saturated carbocycles. The summed E-state index contributed by atoms with van der Waals surface area (Å²) < 4.78 is 7.14. The summed E-state index contributed by atoms with van der Waals surface area (Å²) in [6.45, 7) is 7.81. The number of nitrogens with zero attached hydrogens (tertiary/aromatic N) is 6. The van der Waals surface area contributed by atoms with Crippen molar-refractivity contribution in [2.24, 2.45) is 0 Å². The van der Waals surface area contributed by atoms with E-state index in [1.54, 1.807) is 0 Å². The molecule has 7 heteroatoms. The van der Waals surface area contributed by atoms with Crippen LogP contribution in [0.25, 0.3) is 110 Å². The Morgan fingerprint density at radius 1 is 0.356 bits per heavy atom. The van der Waals surface area contributed by atoms with E-state index in [0.717, 1.165) is 78.0 Å². The topological polar surface area (TPSA) is 44.9 Å². The number of hydrogen-bond donors (Lipinski definition) is 0. The molecule has 1 spiro atoms. The molecule has 0 atom stereocenters. The molecule has 6 heterocycles. The van der Waals surface area contributed by atoms with Crippen molar-refractivity contribution >= 4 is 82.9 Å². The highest BCUT2D eigenvalue weighted by molar-refractivity contribution is 7.99. The van der Waals surface area contributed by atoms with E-state index in [4.69, 9.17) is 16.5 Å². The Morgan fingerprint density at radius 3 is 1.34 bits per heavy atom. The first-order valence-electron chi connectivity index (χ1n) is 24.6. The summed E-state index contributed by atoms with van der Waals surface area (Å²) in [5.74, 6) is 0. The molecular formula is C66H38N6S. The Morgan fingerprint density at radius 2 is 0.781 bits per heavy atom. The Bertz CT molecular complexity index is 4640. The van der Waals surface area contributed by atoms with Gasteiger partial charge in [0.2, 0.25) is 0 Å². The van der Waals surface area contributed by atoms with Crippen molar-refractivity contribution in [1.29, 1.82) is 0 Å². The van der Waals surface area contributed by atoms with Gasteiger partial charge in [0.25, 0.3) is 0 Å². The molecule has 14 aromatic rings. The second-order valence-corrected chi connectivity index (χ2v) is 20.3. The number of benzene rings is 9. The zero-order chi connectivity index (χ0) is 47.9. The first-order chi connectivity index (χ1) is 36.2. The van der Waals surface area contributed by atoms with E-state index in [2.05, 4.69) is 225 Å². The third-order valence-electron chi connectivity index (χ3n) is 15.6. The van der Waals surface area contributed by atoms with E-state index in [9.17, 15) is 0 Å². The number of pyridine rings is 2. The molecule has 0 N–H and O–H groups in total. The van der Waals surface area contributed by atoms with Crippen LogP contribution in [-0.2, 0) is 5.41 Å². The predicted molar refractivity (Wildman–Crippen MR) is 298 cm³/mol. The van der Waals surface area contributed by atoms with E-state index < -0.39 is 5.41 Å². The lowest BCUT2D eigenvalue weighted by Crippen LogP contribution is -2.32. The van der Waals surface area contributed by atoms with Crippen molar-refractivity contribution in [3.63, 3.8) is 0 Å². The maximum Gasteiger partial charge on any atom is 0.188 e. The van der Waals surface area contributed by atoms with Gasteiger partial charge in [0, 0.05) is 66.2 Å². The van der Waals surface area contributed by atoms with Gasteiger partial charge in [-0.2, -0.15) is 0 Å². The minimum atomic E-state index is -0.712. The van der Waals surface area contributed by atoms with Gasteiger partial charge in [0.1, 0.15) is 0 Å². The molecule has 0 saturated heterocycles. The maximum absolute atomic E-state index is 7.81. The second-order valence-electron chi connectivity index (χ2n) is 19.2. The SMILES string of the molecule is [C-]#[N+]c1ccc2c(c1)c1ccccc1n2-c1ccc2c(c1)C1(c3cc(-c4ccc5c(c4)c4ccccc4n5-c4ccc(-n5c6ccccc6c6ccccc65)cc4)ccc3S2)c2cccnc2-c2ncccc21. The van der Waals surface area contributed by atoms with Gasteiger partial charge in [-0.25, -0.2) is 4.85 Å². The predicted octanol–water partition coefficient (Wildman–Crippen LogP) is 16.8. The third-order valence-corrected chi connectivity index (χ3v) is 16.8. The number of aromatic nitrogens is 5. The Hall–Kier alpha value is -9.48. The zero-order valence-corrected chi connectivity index (χ0v) is 39.8. The fourth-order valence-corrected chi connectivity index (χ4v) is 13.8. The van der Waals surface area contributed by atoms with Crippen molar-refractivity contribution < 1.29 is 0 Å². The van der Waals surface area contributed by atoms with Crippen molar-refractivity contribution in [3.8, 4) is 39.6 Å². The van der Waals surface area contributed by atoms with Gasteiger partial charge < -0.3 is 13.7 Å². The van der Waals surface area contributed by atoms with E-state index in [1.807, 2.05) is 36.3 Å². The number of hydrogen-bond acceptors (Lipinski definition) is 3. The average molecular weight is 947 g/mol. The van der Waals surface area contributed by atoms with E-state index in [1.165, 1.54) is 59.0 Å². The molecule has 1 aliphatic carbocycles. The Labute approximate surface area is 423 Å². The van der Waals surface area contributed by atoms with Gasteiger partial charge in [-0.3, -0.25) is 9.97 Å². The standard InChI is InChI=1S/C66H38N6S/c1-67-42-24-31-61-51(38-42)49-15-5-9-21-59(49)72(61)45-29-33-63-55(39-45)66(52-16-10-34-68-64(52)65-53(66)17-11-35-69-65)54-37-41(23-32-62(54)73-63)40-22-30-60-50(36-40)48-14-4-8-20-58(48)71(60)44-27-25-43(26-28-44)70-56-18-6-2-12-46(56)47-13-3-7-19-57(47)70/h2-39H. The Balaban J connectivity index is 0.871. The van der Waals surface area contributed by atoms with Crippen LogP contribution in [0, 0.1) is 6.57 Å². The van der Waals surface area contributed by atoms with Gasteiger partial charge in [-0.1, -0.05) is 115 Å². The van der Waals surface area contributed by atoms with Crippen LogP contribution in [0.15, 0.2) is 241 Å². The molecule has 0 radical (unpaired) electrons. The lowest BCUT2D eigenvalue weighted by Gasteiger charge is -2.39. The van der Waals surface area contributed by atoms with E-state index >= 15 is 0 Å². The summed E-state index contributed by atoms with van der Waals surface area (Å²) in [5.41, 5.74) is 18.9. The van der Waals surface area contributed by atoms with Crippen LogP contribution < -0.4 is 0 Å². The summed E-state index contributed by atoms with van der Waals surface area (Å²) >= 11 is 1.83. The van der Waals surface area contributed by atoms with E-state index in [-0.39, 0.29) is 0 Å². The summed E-state index contributed by atoms with van der Waals surface area (Å²) in [6.07, 6.45) is 3.79. The highest BCUT2D eigenvalue weighted by atomic mass is 32.2. The lowest BCUT2D eigenvalue weighted by molar-refractivity contribution is 0.718. The molecule has 0 fully saturated rings. The number of fused-ring (bicyclic) bond motifs is 18. The summed E-state index contributed by atoms with van der Waals surface area (Å²) in [4.78, 5) is 16.4. The van der Waals surface area contributed by atoms with Crippen LogP contribution in [0.1, 0.15) is 22.3 Å². The van der Waals surface area contributed by atoms with Crippen molar-refractivity contribution in [2.45, 2.75) is 15.2 Å². The number of rotatable bonds is 4. The van der Waals surface area contributed by atoms with Gasteiger partial charge >= 0.3 is 0 Å². The van der Waals surface area contributed by atoms with Crippen LogP contribution in [0.2, 0.25) is 0 Å². The van der Waals surface area contributed by atoms with Gasteiger partial charge in [-0.05, 0) is 154 Å². The average Bonchev–Trinajstić information content (AvgIpc) is 4.17. The van der Waals surface area contributed by atoms with Gasteiger partial charge in [-0.15, -0.1) is 0 Å². The van der Waals surface area contributed by atoms with Crippen LogP contribution in [0.4, 0.5) is 5.69 Å². The molecule has 5 aromatic heterocycles. The molecule has 0 amide bonds. The molecule has 0 bridgehead atoms. The van der Waals surface area contributed by atoms with Crippen LogP contribution in [0.3, 0.4) is 0 Å². The fraction of sp³-hybridized carbons (Fsp3) is 0.0152. The highest BCUT2D eigenvalue weighted by Gasteiger charge is 2.52. The van der Waals surface area contributed by atoms with Crippen LogP contribution in [-0.4, -0.2) is 23.7 Å². The fourth-order valence-electron chi connectivity index (χ4n) is 12.6. The normalized spacial score (nSPS) is 13.2. The van der Waals surface area contributed by atoms with Crippen molar-refractivity contribution in [3.05, 3.63) is 264 Å². The minimum absolute atomic E-state index is 0.634. The first kappa shape index (κ1) is 40.3. The molecule has 338 valence electrons. The van der Waals surface area contributed by atoms with Crippen molar-refractivity contribution in [1.82, 2.24) is 23.7 Å². The monoisotopic (exact) mass is 946 g/mol. The molecule has 2 aliphatic rings. The third kappa shape index (κ3) is 5.47. The number of para-hydroxylation sites is 4.